The summed E-state index contributed by atoms with van der Waals surface area (Å²) in [6, 6.07) is 18.9. The highest BCUT2D eigenvalue weighted by Crippen LogP contribution is 2.25. The molecule has 4 aromatic rings. The average Bonchev–Trinajstić information content (AvgIpc) is 3.09. The van der Waals surface area contributed by atoms with Crippen molar-refractivity contribution in [2.24, 2.45) is 0 Å². The Balaban J connectivity index is 1.43. The van der Waals surface area contributed by atoms with E-state index in [0.29, 0.717) is 50.6 Å². The van der Waals surface area contributed by atoms with Crippen molar-refractivity contribution < 1.29 is 13.9 Å². The molecular formula is C26H22Cl2FN3O2. The summed E-state index contributed by atoms with van der Waals surface area (Å²) in [7, 11) is 0. The SMILES string of the molecule is Cc1nn(Cc2c(F)cccc2Cl)c(C)c1NC(=O)c1ccc(COc2ccc(Cl)cc2)cc1. The Hall–Kier alpha value is -3.35. The molecule has 0 fully saturated rings. The number of anilines is 1. The molecule has 0 saturated carbocycles. The highest BCUT2D eigenvalue weighted by molar-refractivity contribution is 6.31. The summed E-state index contributed by atoms with van der Waals surface area (Å²) >= 11 is 12.0. The van der Waals surface area contributed by atoms with Crippen LogP contribution in [0.2, 0.25) is 10.0 Å². The van der Waals surface area contributed by atoms with Crippen LogP contribution < -0.4 is 10.1 Å². The number of carbonyl (C=O) groups excluding carboxylic acids is 1. The molecule has 34 heavy (non-hydrogen) atoms. The monoisotopic (exact) mass is 497 g/mol. The highest BCUT2D eigenvalue weighted by atomic mass is 35.5. The Morgan fingerprint density at radius 3 is 2.41 bits per heavy atom. The number of aryl methyl sites for hydroxylation is 1. The number of ether oxygens (including phenoxy) is 1. The van der Waals surface area contributed by atoms with Gasteiger partial charge in [0.15, 0.2) is 0 Å². The molecular weight excluding hydrogens is 476 g/mol. The molecule has 0 spiro atoms. The minimum atomic E-state index is -0.397. The van der Waals surface area contributed by atoms with E-state index in [1.165, 1.54) is 6.07 Å². The van der Waals surface area contributed by atoms with E-state index in [1.54, 1.807) is 60.1 Å². The molecule has 3 aromatic carbocycles. The van der Waals surface area contributed by atoms with Gasteiger partial charge in [-0.3, -0.25) is 9.48 Å². The van der Waals surface area contributed by atoms with Crippen LogP contribution in [0.4, 0.5) is 10.1 Å². The molecule has 0 radical (unpaired) electrons. The summed E-state index contributed by atoms with van der Waals surface area (Å²) in [6.45, 7) is 4.14. The number of rotatable bonds is 7. The maximum absolute atomic E-state index is 14.2. The second-order valence-corrected chi connectivity index (χ2v) is 8.64. The van der Waals surface area contributed by atoms with Crippen LogP contribution in [-0.4, -0.2) is 15.7 Å². The maximum atomic E-state index is 14.2. The standard InChI is InChI=1S/C26H22Cl2FN3O2/c1-16-25(17(2)32(31-16)14-22-23(28)4-3-5-24(22)29)30-26(33)19-8-6-18(7-9-19)15-34-21-12-10-20(27)11-13-21/h3-13H,14-15H2,1-2H3,(H,30,33). The topological polar surface area (TPSA) is 56.2 Å². The number of amides is 1. The van der Waals surface area contributed by atoms with Gasteiger partial charge in [0.2, 0.25) is 0 Å². The Kier molecular flexibility index (Phi) is 7.20. The van der Waals surface area contributed by atoms with E-state index in [1.807, 2.05) is 19.1 Å². The van der Waals surface area contributed by atoms with Crippen molar-refractivity contribution in [3.8, 4) is 5.75 Å². The van der Waals surface area contributed by atoms with Crippen molar-refractivity contribution in [3.05, 3.63) is 111 Å². The van der Waals surface area contributed by atoms with Crippen molar-refractivity contribution in [1.29, 1.82) is 0 Å². The van der Waals surface area contributed by atoms with E-state index < -0.39 is 5.82 Å². The molecule has 8 heteroatoms. The predicted octanol–water partition coefficient (Wildman–Crippen LogP) is 6.83. The van der Waals surface area contributed by atoms with E-state index in [-0.39, 0.29) is 12.5 Å². The van der Waals surface area contributed by atoms with Gasteiger partial charge in [-0.15, -0.1) is 0 Å². The third-order valence-electron chi connectivity index (χ3n) is 5.42. The summed E-state index contributed by atoms with van der Waals surface area (Å²) < 4.78 is 21.6. The lowest BCUT2D eigenvalue weighted by molar-refractivity contribution is 0.102. The Morgan fingerprint density at radius 1 is 1.03 bits per heavy atom. The molecule has 1 N–H and O–H groups in total. The number of halogens is 3. The number of benzene rings is 3. The number of hydrogen-bond donors (Lipinski definition) is 1. The van der Waals surface area contributed by atoms with Crippen molar-refractivity contribution in [1.82, 2.24) is 9.78 Å². The molecule has 0 aliphatic carbocycles. The van der Waals surface area contributed by atoms with E-state index in [4.69, 9.17) is 27.9 Å². The molecule has 5 nitrogen and oxygen atoms in total. The zero-order chi connectivity index (χ0) is 24.2. The first kappa shape index (κ1) is 23.8. The van der Waals surface area contributed by atoms with Crippen LogP contribution in [0.15, 0.2) is 66.7 Å². The third-order valence-corrected chi connectivity index (χ3v) is 6.03. The second-order valence-electron chi connectivity index (χ2n) is 7.80. The fourth-order valence-electron chi connectivity index (χ4n) is 3.50. The van der Waals surface area contributed by atoms with Crippen LogP contribution in [0.25, 0.3) is 0 Å². The molecule has 4 rings (SSSR count). The Morgan fingerprint density at radius 2 is 1.74 bits per heavy atom. The Labute approximate surface area is 207 Å². The first-order valence-electron chi connectivity index (χ1n) is 10.6. The van der Waals surface area contributed by atoms with Crippen molar-refractivity contribution in [3.63, 3.8) is 0 Å². The van der Waals surface area contributed by atoms with Crippen LogP contribution in [-0.2, 0) is 13.2 Å². The summed E-state index contributed by atoms with van der Waals surface area (Å²) in [6.07, 6.45) is 0. The van der Waals surface area contributed by atoms with E-state index in [9.17, 15) is 9.18 Å². The van der Waals surface area contributed by atoms with E-state index in [2.05, 4.69) is 10.4 Å². The first-order valence-corrected chi connectivity index (χ1v) is 11.3. The van der Waals surface area contributed by atoms with Crippen molar-refractivity contribution >= 4 is 34.8 Å². The molecule has 0 bridgehead atoms. The van der Waals surface area contributed by atoms with Gasteiger partial charge in [0.25, 0.3) is 5.91 Å². The van der Waals surface area contributed by atoms with Gasteiger partial charge in [-0.1, -0.05) is 41.4 Å². The third kappa shape index (κ3) is 5.41. The summed E-state index contributed by atoms with van der Waals surface area (Å²) in [5.41, 5.74) is 3.70. The number of nitrogens with zero attached hydrogens (tertiary/aromatic N) is 2. The number of nitrogens with one attached hydrogen (secondary N) is 1. The average molecular weight is 498 g/mol. The molecule has 174 valence electrons. The first-order chi connectivity index (χ1) is 16.3. The van der Waals surface area contributed by atoms with Gasteiger partial charge < -0.3 is 10.1 Å². The fraction of sp³-hybridized carbons (Fsp3) is 0.154. The lowest BCUT2D eigenvalue weighted by atomic mass is 10.1. The molecule has 0 aliphatic heterocycles. The van der Waals surface area contributed by atoms with Gasteiger partial charge >= 0.3 is 0 Å². The van der Waals surface area contributed by atoms with Gasteiger partial charge in [-0.05, 0) is 67.9 Å². The second kappa shape index (κ2) is 10.3. The molecule has 1 amide bonds. The number of aromatic nitrogens is 2. The summed E-state index contributed by atoms with van der Waals surface area (Å²) in [5.74, 6) is 0.0523. The van der Waals surface area contributed by atoms with Crippen LogP contribution in [0, 0.1) is 19.7 Å². The van der Waals surface area contributed by atoms with Crippen molar-refractivity contribution in [2.45, 2.75) is 27.0 Å². The molecule has 0 saturated heterocycles. The summed E-state index contributed by atoms with van der Waals surface area (Å²) in [4.78, 5) is 12.8. The smallest absolute Gasteiger partial charge is 0.255 e. The fourth-order valence-corrected chi connectivity index (χ4v) is 3.85. The minimum absolute atomic E-state index is 0.163. The van der Waals surface area contributed by atoms with Crippen LogP contribution in [0.5, 0.6) is 5.75 Å². The van der Waals surface area contributed by atoms with Crippen LogP contribution in [0.3, 0.4) is 0 Å². The van der Waals surface area contributed by atoms with Gasteiger partial charge in [0.1, 0.15) is 18.2 Å². The van der Waals surface area contributed by atoms with Crippen LogP contribution in [0.1, 0.15) is 32.9 Å². The van der Waals surface area contributed by atoms with E-state index in [0.717, 1.165) is 5.56 Å². The van der Waals surface area contributed by atoms with Gasteiger partial charge in [0.05, 0.1) is 23.6 Å². The lowest BCUT2D eigenvalue weighted by Gasteiger charge is -2.10. The molecule has 0 unspecified atom stereocenters. The van der Waals surface area contributed by atoms with Crippen molar-refractivity contribution in [2.75, 3.05) is 5.32 Å². The van der Waals surface area contributed by atoms with E-state index >= 15 is 0 Å². The van der Waals surface area contributed by atoms with Crippen LogP contribution >= 0.6 is 23.2 Å². The number of hydrogen-bond acceptors (Lipinski definition) is 3. The molecule has 1 heterocycles. The highest BCUT2D eigenvalue weighted by Gasteiger charge is 2.17. The minimum Gasteiger partial charge on any atom is -0.489 e. The largest absolute Gasteiger partial charge is 0.489 e. The zero-order valence-electron chi connectivity index (χ0n) is 18.6. The van der Waals surface area contributed by atoms with Gasteiger partial charge in [-0.2, -0.15) is 5.10 Å². The van der Waals surface area contributed by atoms with Gasteiger partial charge in [-0.25, -0.2) is 4.39 Å². The molecule has 0 atom stereocenters. The maximum Gasteiger partial charge on any atom is 0.255 e. The van der Waals surface area contributed by atoms with Gasteiger partial charge in [0, 0.05) is 21.2 Å². The normalized spacial score (nSPS) is 10.9. The zero-order valence-corrected chi connectivity index (χ0v) is 20.1. The Bertz CT molecular complexity index is 1300. The quantitative estimate of drug-likeness (QED) is 0.304. The molecule has 1 aromatic heterocycles. The lowest BCUT2D eigenvalue weighted by Crippen LogP contribution is -2.13. The molecule has 0 aliphatic rings. The summed E-state index contributed by atoms with van der Waals surface area (Å²) in [5, 5.41) is 8.36. The number of carbonyl (C=O) groups is 1. The predicted molar refractivity (Wildman–Crippen MR) is 132 cm³/mol.